The fourth-order valence-corrected chi connectivity index (χ4v) is 2.74. The van der Waals surface area contributed by atoms with Gasteiger partial charge in [-0.1, -0.05) is 40.0 Å². The summed E-state index contributed by atoms with van der Waals surface area (Å²) in [6, 6.07) is 0. The Hall–Kier alpha value is -0.570. The number of hydrogen-bond acceptors (Lipinski definition) is 2. The molecule has 0 spiro atoms. The van der Waals surface area contributed by atoms with Crippen molar-refractivity contribution in [2.45, 2.75) is 59.3 Å². The summed E-state index contributed by atoms with van der Waals surface area (Å²) in [5.74, 6) is 0.291. The monoisotopic (exact) mass is 254 g/mol. The molecular formula is C15H30N2O. The van der Waals surface area contributed by atoms with Gasteiger partial charge in [-0.05, 0) is 24.7 Å². The second kappa shape index (κ2) is 7.13. The Morgan fingerprint density at radius 2 is 1.61 bits per heavy atom. The molecule has 1 heterocycles. The van der Waals surface area contributed by atoms with Crippen LogP contribution in [0.5, 0.6) is 0 Å². The third kappa shape index (κ3) is 5.38. The number of rotatable bonds is 3. The van der Waals surface area contributed by atoms with Crippen molar-refractivity contribution in [3.63, 3.8) is 0 Å². The molecule has 3 nitrogen and oxygen atoms in total. The molecule has 1 unspecified atom stereocenters. The van der Waals surface area contributed by atoms with E-state index in [2.05, 4.69) is 25.7 Å². The highest BCUT2D eigenvalue weighted by Crippen LogP contribution is 2.25. The molecule has 0 bridgehead atoms. The minimum absolute atomic E-state index is 0.00410. The van der Waals surface area contributed by atoms with E-state index in [4.69, 9.17) is 5.73 Å². The van der Waals surface area contributed by atoms with Crippen molar-refractivity contribution >= 4 is 5.91 Å². The second-order valence-corrected chi connectivity index (χ2v) is 6.79. The van der Waals surface area contributed by atoms with Crippen LogP contribution in [0.15, 0.2) is 0 Å². The van der Waals surface area contributed by atoms with Gasteiger partial charge in [-0.15, -0.1) is 0 Å². The van der Waals surface area contributed by atoms with Crippen LogP contribution in [0.4, 0.5) is 0 Å². The average Bonchev–Trinajstić information content (AvgIpc) is 2.23. The number of hydrogen-bond donors (Lipinski definition) is 1. The third-order valence-corrected chi connectivity index (χ3v) is 3.66. The van der Waals surface area contributed by atoms with Crippen LogP contribution in [0.1, 0.15) is 59.3 Å². The summed E-state index contributed by atoms with van der Waals surface area (Å²) in [6.07, 6.45) is 7.03. The predicted molar refractivity (Wildman–Crippen MR) is 76.3 cm³/mol. The van der Waals surface area contributed by atoms with Gasteiger partial charge in [0.05, 0.1) is 5.92 Å². The lowest BCUT2D eigenvalue weighted by Gasteiger charge is -2.31. The van der Waals surface area contributed by atoms with E-state index < -0.39 is 0 Å². The summed E-state index contributed by atoms with van der Waals surface area (Å²) in [7, 11) is 0. The van der Waals surface area contributed by atoms with Gasteiger partial charge in [-0.2, -0.15) is 0 Å². The topological polar surface area (TPSA) is 46.3 Å². The third-order valence-electron chi connectivity index (χ3n) is 3.66. The highest BCUT2D eigenvalue weighted by molar-refractivity contribution is 5.79. The molecule has 0 saturated carbocycles. The summed E-state index contributed by atoms with van der Waals surface area (Å²) in [6.45, 7) is 8.87. The largest absolute Gasteiger partial charge is 0.342 e. The lowest BCUT2D eigenvalue weighted by atomic mass is 9.84. The number of carbonyl (C=O) groups excluding carboxylic acids is 1. The maximum atomic E-state index is 12.5. The van der Waals surface area contributed by atoms with E-state index >= 15 is 0 Å². The Labute approximate surface area is 112 Å². The van der Waals surface area contributed by atoms with Crippen LogP contribution in [-0.2, 0) is 4.79 Å². The molecule has 2 N–H and O–H groups in total. The molecule has 1 atom stereocenters. The number of likely N-dealkylation sites (tertiary alicyclic amines) is 1. The quantitative estimate of drug-likeness (QED) is 0.842. The minimum atomic E-state index is 0.00410. The van der Waals surface area contributed by atoms with E-state index in [-0.39, 0.29) is 17.2 Å². The van der Waals surface area contributed by atoms with Crippen molar-refractivity contribution in [1.29, 1.82) is 0 Å². The first-order chi connectivity index (χ1) is 8.44. The van der Waals surface area contributed by atoms with E-state index in [1.165, 1.54) is 19.3 Å². The molecule has 0 aromatic rings. The van der Waals surface area contributed by atoms with Gasteiger partial charge in [-0.3, -0.25) is 4.79 Å². The van der Waals surface area contributed by atoms with Gasteiger partial charge >= 0.3 is 0 Å². The van der Waals surface area contributed by atoms with Crippen molar-refractivity contribution in [3.05, 3.63) is 0 Å². The smallest absolute Gasteiger partial charge is 0.226 e. The molecule has 0 aromatic heterocycles. The van der Waals surface area contributed by atoms with Crippen LogP contribution in [0, 0.1) is 11.3 Å². The lowest BCUT2D eigenvalue weighted by molar-refractivity contribution is -0.136. The fourth-order valence-electron chi connectivity index (χ4n) is 2.74. The van der Waals surface area contributed by atoms with E-state index in [1.54, 1.807) is 0 Å². The number of carbonyl (C=O) groups is 1. The van der Waals surface area contributed by atoms with Gasteiger partial charge in [0.2, 0.25) is 5.91 Å². The summed E-state index contributed by atoms with van der Waals surface area (Å²) < 4.78 is 0. The molecular weight excluding hydrogens is 224 g/mol. The van der Waals surface area contributed by atoms with Gasteiger partial charge < -0.3 is 10.6 Å². The Bertz CT molecular complexity index is 250. The van der Waals surface area contributed by atoms with Gasteiger partial charge in [0.1, 0.15) is 0 Å². The zero-order valence-corrected chi connectivity index (χ0v) is 12.4. The maximum absolute atomic E-state index is 12.5. The predicted octanol–water partition coefficient (Wildman–Crippen LogP) is 2.79. The molecule has 18 heavy (non-hydrogen) atoms. The van der Waals surface area contributed by atoms with Crippen LogP contribution < -0.4 is 5.73 Å². The lowest BCUT2D eigenvalue weighted by Crippen LogP contribution is -2.42. The van der Waals surface area contributed by atoms with Gasteiger partial charge in [-0.25, -0.2) is 0 Å². The summed E-state index contributed by atoms with van der Waals surface area (Å²) >= 11 is 0. The normalized spacial score (nSPS) is 20.1. The Balaban J connectivity index is 2.57. The molecule has 0 aliphatic carbocycles. The minimum Gasteiger partial charge on any atom is -0.342 e. The second-order valence-electron chi connectivity index (χ2n) is 6.79. The zero-order valence-electron chi connectivity index (χ0n) is 12.4. The first-order valence-electron chi connectivity index (χ1n) is 7.43. The van der Waals surface area contributed by atoms with Crippen molar-refractivity contribution in [1.82, 2.24) is 4.90 Å². The number of nitrogens with two attached hydrogens (primary N) is 1. The number of amides is 1. The molecule has 1 fully saturated rings. The highest BCUT2D eigenvalue weighted by Gasteiger charge is 2.27. The molecule has 1 amide bonds. The Morgan fingerprint density at radius 1 is 1.11 bits per heavy atom. The van der Waals surface area contributed by atoms with Crippen LogP contribution >= 0.6 is 0 Å². The van der Waals surface area contributed by atoms with Crippen molar-refractivity contribution in [3.8, 4) is 0 Å². The molecule has 1 rings (SSSR count). The Kier molecular flexibility index (Phi) is 6.13. The van der Waals surface area contributed by atoms with Crippen LogP contribution in [0.25, 0.3) is 0 Å². The molecule has 0 aromatic carbocycles. The maximum Gasteiger partial charge on any atom is 0.226 e. The van der Waals surface area contributed by atoms with E-state index in [0.29, 0.717) is 6.54 Å². The fraction of sp³-hybridized carbons (Fsp3) is 0.933. The number of nitrogens with zero attached hydrogens (tertiary/aromatic N) is 1. The molecule has 1 aliphatic heterocycles. The zero-order chi connectivity index (χ0) is 13.6. The van der Waals surface area contributed by atoms with Gasteiger partial charge in [0.15, 0.2) is 0 Å². The van der Waals surface area contributed by atoms with E-state index in [9.17, 15) is 4.79 Å². The molecule has 1 saturated heterocycles. The van der Waals surface area contributed by atoms with Crippen LogP contribution in [0.2, 0.25) is 0 Å². The van der Waals surface area contributed by atoms with Gasteiger partial charge in [0, 0.05) is 19.6 Å². The van der Waals surface area contributed by atoms with Crippen molar-refractivity contribution in [2.24, 2.45) is 17.1 Å². The summed E-state index contributed by atoms with van der Waals surface area (Å²) in [5, 5.41) is 0. The summed E-state index contributed by atoms with van der Waals surface area (Å²) in [4.78, 5) is 14.6. The molecule has 0 radical (unpaired) electrons. The van der Waals surface area contributed by atoms with Crippen molar-refractivity contribution in [2.75, 3.05) is 19.6 Å². The first-order valence-corrected chi connectivity index (χ1v) is 7.43. The van der Waals surface area contributed by atoms with Crippen LogP contribution in [0.3, 0.4) is 0 Å². The van der Waals surface area contributed by atoms with E-state index in [1.807, 2.05) is 0 Å². The average molecular weight is 254 g/mol. The first kappa shape index (κ1) is 15.5. The Morgan fingerprint density at radius 3 is 2.06 bits per heavy atom. The summed E-state index contributed by atoms with van der Waals surface area (Å²) in [5.41, 5.74) is 5.98. The molecule has 1 aliphatic rings. The molecule has 106 valence electrons. The standard InChI is InChI=1S/C15H30N2O/c1-15(2,3)11-13(12-16)14(18)17-9-7-5-4-6-8-10-17/h13H,4-12,16H2,1-3H3. The van der Waals surface area contributed by atoms with Crippen LogP contribution in [-0.4, -0.2) is 30.4 Å². The van der Waals surface area contributed by atoms with Gasteiger partial charge in [0.25, 0.3) is 0 Å². The van der Waals surface area contributed by atoms with E-state index in [0.717, 1.165) is 32.4 Å². The van der Waals surface area contributed by atoms with Crippen molar-refractivity contribution < 1.29 is 4.79 Å². The highest BCUT2D eigenvalue weighted by atomic mass is 16.2. The SMILES string of the molecule is CC(C)(C)CC(CN)C(=O)N1CCCCCCC1. The molecule has 3 heteroatoms.